The summed E-state index contributed by atoms with van der Waals surface area (Å²) >= 11 is 0. The number of nitrogens with one attached hydrogen (secondary N) is 1. The number of ether oxygens (including phenoxy) is 2. The lowest BCUT2D eigenvalue weighted by molar-refractivity contribution is 0.323. The van der Waals surface area contributed by atoms with Gasteiger partial charge in [0.2, 0.25) is 0 Å². The van der Waals surface area contributed by atoms with Gasteiger partial charge in [0.15, 0.2) is 0 Å². The largest absolute Gasteiger partial charge is 0.494 e. The van der Waals surface area contributed by atoms with Crippen LogP contribution in [0.15, 0.2) is 35.1 Å². The second-order valence-corrected chi connectivity index (χ2v) is 4.29. The van der Waals surface area contributed by atoms with E-state index in [0.717, 1.165) is 5.56 Å². The van der Waals surface area contributed by atoms with E-state index < -0.39 is 5.56 Å². The van der Waals surface area contributed by atoms with Gasteiger partial charge < -0.3 is 14.5 Å². The topological polar surface area (TPSA) is 75.1 Å². The molecule has 0 unspecified atom stereocenters. The van der Waals surface area contributed by atoms with Crippen molar-refractivity contribution in [3.8, 4) is 28.8 Å². The standard InChI is InChI=1S/C16H16N2O3/c1-3-20-13-7-12(8-14(9-13)21-4-2)15-6-5-11(10-17)16(19)18-15/h5-9H,3-4H2,1-2H3,(H,18,19). The van der Waals surface area contributed by atoms with Crippen molar-refractivity contribution < 1.29 is 9.47 Å². The third-order valence-electron chi connectivity index (χ3n) is 2.84. The second kappa shape index (κ2) is 6.62. The number of aromatic amines is 1. The van der Waals surface area contributed by atoms with Crippen LogP contribution in [0.2, 0.25) is 0 Å². The van der Waals surface area contributed by atoms with E-state index in [2.05, 4.69) is 4.98 Å². The van der Waals surface area contributed by atoms with Crippen molar-refractivity contribution in [2.45, 2.75) is 13.8 Å². The molecule has 0 amide bonds. The minimum atomic E-state index is -0.408. The summed E-state index contributed by atoms with van der Waals surface area (Å²) in [6.45, 7) is 4.88. The van der Waals surface area contributed by atoms with E-state index in [4.69, 9.17) is 14.7 Å². The number of rotatable bonds is 5. The van der Waals surface area contributed by atoms with Crippen molar-refractivity contribution in [2.24, 2.45) is 0 Å². The van der Waals surface area contributed by atoms with Gasteiger partial charge in [-0.25, -0.2) is 0 Å². The summed E-state index contributed by atoms with van der Waals surface area (Å²) in [5.41, 5.74) is 1.06. The van der Waals surface area contributed by atoms with E-state index in [9.17, 15) is 4.79 Å². The zero-order valence-corrected chi connectivity index (χ0v) is 12.0. The molecule has 2 aromatic rings. The van der Waals surface area contributed by atoms with E-state index >= 15 is 0 Å². The smallest absolute Gasteiger partial charge is 0.266 e. The number of H-pyrrole nitrogens is 1. The first-order valence-electron chi connectivity index (χ1n) is 6.72. The van der Waals surface area contributed by atoms with Crippen LogP contribution in [0.25, 0.3) is 11.3 Å². The highest BCUT2D eigenvalue weighted by molar-refractivity contribution is 5.64. The fourth-order valence-corrected chi connectivity index (χ4v) is 1.96. The average molecular weight is 284 g/mol. The quantitative estimate of drug-likeness (QED) is 0.916. The molecule has 0 aliphatic rings. The summed E-state index contributed by atoms with van der Waals surface area (Å²) in [5.74, 6) is 1.34. The predicted molar refractivity (Wildman–Crippen MR) is 79.6 cm³/mol. The molecule has 108 valence electrons. The highest BCUT2D eigenvalue weighted by atomic mass is 16.5. The third kappa shape index (κ3) is 3.42. The Bertz CT molecular complexity index is 705. The van der Waals surface area contributed by atoms with Gasteiger partial charge in [-0.2, -0.15) is 5.26 Å². The summed E-state index contributed by atoms with van der Waals surface area (Å²) in [5, 5.41) is 8.80. The molecule has 1 aromatic carbocycles. The van der Waals surface area contributed by atoms with E-state index in [-0.39, 0.29) is 5.56 Å². The van der Waals surface area contributed by atoms with Crippen molar-refractivity contribution in [2.75, 3.05) is 13.2 Å². The first-order valence-corrected chi connectivity index (χ1v) is 6.72. The predicted octanol–water partition coefficient (Wildman–Crippen LogP) is 2.71. The van der Waals surface area contributed by atoms with Crippen molar-refractivity contribution in [3.63, 3.8) is 0 Å². The molecule has 1 heterocycles. The molecule has 0 spiro atoms. The Labute approximate surface area is 122 Å². The molecule has 0 saturated heterocycles. The number of nitriles is 1. The lowest BCUT2D eigenvalue weighted by Gasteiger charge is -2.11. The Balaban J connectivity index is 2.49. The SMILES string of the molecule is CCOc1cc(OCC)cc(-c2ccc(C#N)c(=O)[nH]2)c1. The van der Waals surface area contributed by atoms with Crippen molar-refractivity contribution in [1.29, 1.82) is 5.26 Å². The Morgan fingerprint density at radius 1 is 1.10 bits per heavy atom. The van der Waals surface area contributed by atoms with Gasteiger partial charge in [-0.1, -0.05) is 0 Å². The minimum absolute atomic E-state index is 0.0877. The molecular formula is C16H16N2O3. The van der Waals surface area contributed by atoms with E-state index in [1.807, 2.05) is 32.0 Å². The molecule has 21 heavy (non-hydrogen) atoms. The number of benzene rings is 1. The number of aromatic nitrogens is 1. The minimum Gasteiger partial charge on any atom is -0.494 e. The maximum absolute atomic E-state index is 11.7. The zero-order chi connectivity index (χ0) is 15.2. The fraction of sp³-hybridized carbons (Fsp3) is 0.250. The van der Waals surface area contributed by atoms with Crippen LogP contribution >= 0.6 is 0 Å². The molecule has 0 atom stereocenters. The van der Waals surface area contributed by atoms with Crippen LogP contribution in [-0.4, -0.2) is 18.2 Å². The average Bonchev–Trinajstić information content (AvgIpc) is 2.47. The molecule has 0 radical (unpaired) electrons. The number of hydrogen-bond acceptors (Lipinski definition) is 4. The third-order valence-corrected chi connectivity index (χ3v) is 2.84. The maximum atomic E-state index is 11.7. The van der Waals surface area contributed by atoms with Crippen molar-refractivity contribution in [1.82, 2.24) is 4.98 Å². The van der Waals surface area contributed by atoms with Crippen LogP contribution in [-0.2, 0) is 0 Å². The van der Waals surface area contributed by atoms with Crippen LogP contribution in [0.5, 0.6) is 11.5 Å². The van der Waals surface area contributed by atoms with Crippen LogP contribution in [0.4, 0.5) is 0 Å². The molecule has 0 aliphatic carbocycles. The van der Waals surface area contributed by atoms with Gasteiger partial charge in [-0.05, 0) is 38.1 Å². The molecular weight excluding hydrogens is 268 g/mol. The first kappa shape index (κ1) is 14.7. The lowest BCUT2D eigenvalue weighted by Crippen LogP contribution is -2.10. The molecule has 5 nitrogen and oxygen atoms in total. The number of nitrogens with zero attached hydrogens (tertiary/aromatic N) is 1. The highest BCUT2D eigenvalue weighted by Gasteiger charge is 2.07. The van der Waals surface area contributed by atoms with Crippen LogP contribution in [0, 0.1) is 11.3 Å². The van der Waals surface area contributed by atoms with Gasteiger partial charge >= 0.3 is 0 Å². The summed E-state index contributed by atoms with van der Waals surface area (Å²) in [4.78, 5) is 14.4. The Morgan fingerprint density at radius 3 is 2.19 bits per heavy atom. The number of pyridine rings is 1. The van der Waals surface area contributed by atoms with Gasteiger partial charge in [0.1, 0.15) is 23.1 Å². The van der Waals surface area contributed by atoms with Gasteiger partial charge in [-0.3, -0.25) is 4.79 Å². The van der Waals surface area contributed by atoms with Crippen LogP contribution in [0.1, 0.15) is 19.4 Å². The van der Waals surface area contributed by atoms with Crippen molar-refractivity contribution >= 4 is 0 Å². The normalized spacial score (nSPS) is 9.95. The fourth-order valence-electron chi connectivity index (χ4n) is 1.96. The molecule has 1 aromatic heterocycles. The first-order chi connectivity index (χ1) is 10.2. The monoisotopic (exact) mass is 284 g/mol. The molecule has 1 N–H and O–H groups in total. The second-order valence-electron chi connectivity index (χ2n) is 4.29. The molecule has 0 saturated carbocycles. The Hall–Kier alpha value is -2.74. The zero-order valence-electron chi connectivity index (χ0n) is 12.0. The van der Waals surface area contributed by atoms with Gasteiger partial charge in [0, 0.05) is 17.3 Å². The number of hydrogen-bond donors (Lipinski definition) is 1. The Kier molecular flexibility index (Phi) is 4.62. The van der Waals surface area contributed by atoms with E-state index in [0.29, 0.717) is 30.4 Å². The molecule has 5 heteroatoms. The molecule has 0 bridgehead atoms. The summed E-state index contributed by atoms with van der Waals surface area (Å²) in [6, 6.07) is 10.5. The van der Waals surface area contributed by atoms with Crippen molar-refractivity contribution in [3.05, 3.63) is 46.2 Å². The lowest BCUT2D eigenvalue weighted by atomic mass is 10.1. The van der Waals surface area contributed by atoms with Gasteiger partial charge in [-0.15, -0.1) is 0 Å². The summed E-state index contributed by atoms with van der Waals surface area (Å²) in [7, 11) is 0. The van der Waals surface area contributed by atoms with Crippen LogP contribution < -0.4 is 15.0 Å². The molecule has 0 aliphatic heterocycles. The van der Waals surface area contributed by atoms with E-state index in [1.54, 1.807) is 12.1 Å². The Morgan fingerprint density at radius 2 is 1.71 bits per heavy atom. The maximum Gasteiger partial charge on any atom is 0.266 e. The highest BCUT2D eigenvalue weighted by Crippen LogP contribution is 2.28. The summed E-state index contributed by atoms with van der Waals surface area (Å²) < 4.78 is 11.0. The molecule has 2 rings (SSSR count). The molecule has 0 fully saturated rings. The van der Waals surface area contributed by atoms with Crippen LogP contribution in [0.3, 0.4) is 0 Å². The van der Waals surface area contributed by atoms with Gasteiger partial charge in [0.25, 0.3) is 5.56 Å². The summed E-state index contributed by atoms with van der Waals surface area (Å²) in [6.07, 6.45) is 0. The van der Waals surface area contributed by atoms with Gasteiger partial charge in [0.05, 0.1) is 13.2 Å². The van der Waals surface area contributed by atoms with E-state index in [1.165, 1.54) is 6.07 Å².